The first-order valence-electron chi connectivity index (χ1n) is 8.54. The molecule has 0 fully saturated rings. The highest BCUT2D eigenvalue weighted by Gasteiger charge is 2.35. The summed E-state index contributed by atoms with van der Waals surface area (Å²) in [6.07, 6.45) is -0.270. The fraction of sp³-hybridized carbons (Fsp3) is 0.300. The maximum Gasteiger partial charge on any atom is 0.305 e. The lowest BCUT2D eigenvalue weighted by Crippen LogP contribution is -2.41. The Morgan fingerprint density at radius 1 is 1.30 bits per heavy atom. The van der Waals surface area contributed by atoms with Crippen LogP contribution in [-0.4, -0.2) is 22.2 Å². The Hall–Kier alpha value is -1.86. The van der Waals surface area contributed by atoms with Crippen LogP contribution in [0.3, 0.4) is 0 Å². The van der Waals surface area contributed by atoms with Crippen LogP contribution in [0.4, 0.5) is 10.1 Å². The highest BCUT2D eigenvalue weighted by Crippen LogP contribution is 2.42. The van der Waals surface area contributed by atoms with E-state index in [1.807, 2.05) is 18.2 Å². The second-order valence-electron chi connectivity index (χ2n) is 6.75. The molecule has 3 rings (SSSR count). The largest absolute Gasteiger partial charge is 0.481 e. The number of anilines is 1. The molecule has 0 spiro atoms. The molecule has 27 heavy (non-hydrogen) atoms. The minimum atomic E-state index is -1.03. The van der Waals surface area contributed by atoms with Crippen molar-refractivity contribution in [1.29, 1.82) is 0 Å². The number of carbonyl (C=O) groups is 2. The van der Waals surface area contributed by atoms with Gasteiger partial charge in [-0.25, -0.2) is 4.39 Å². The van der Waals surface area contributed by atoms with E-state index >= 15 is 0 Å². The summed E-state index contributed by atoms with van der Waals surface area (Å²) in [4.78, 5) is 26.5. The lowest BCUT2D eigenvalue weighted by molar-refractivity contribution is -0.138. The Labute approximate surface area is 169 Å². The molecule has 1 atom stereocenters. The van der Waals surface area contributed by atoms with Crippen molar-refractivity contribution in [2.24, 2.45) is 0 Å². The molecule has 0 aromatic heterocycles. The molecule has 7 heteroatoms. The molecule has 1 amide bonds. The van der Waals surface area contributed by atoms with E-state index in [1.165, 1.54) is 22.7 Å². The number of hydrogen-bond donors (Lipinski definition) is 1. The van der Waals surface area contributed by atoms with Crippen LogP contribution < -0.4 is 4.90 Å². The van der Waals surface area contributed by atoms with Crippen molar-refractivity contribution in [1.82, 2.24) is 0 Å². The molecule has 1 aliphatic heterocycles. The van der Waals surface area contributed by atoms with Crippen molar-refractivity contribution < 1.29 is 19.1 Å². The molecule has 1 aliphatic rings. The summed E-state index contributed by atoms with van der Waals surface area (Å²) in [5.74, 6) is -1.44. The van der Waals surface area contributed by atoms with Crippen LogP contribution in [0.5, 0.6) is 0 Å². The Bertz CT molecular complexity index is 903. The molecule has 1 unspecified atom stereocenters. The Balaban J connectivity index is 2.02. The van der Waals surface area contributed by atoms with Gasteiger partial charge in [-0.2, -0.15) is 0 Å². The average Bonchev–Trinajstić information content (AvgIpc) is 2.59. The lowest BCUT2D eigenvalue weighted by Gasteiger charge is -2.34. The average molecular weight is 452 g/mol. The van der Waals surface area contributed by atoms with Crippen molar-refractivity contribution in [3.05, 3.63) is 57.8 Å². The van der Waals surface area contributed by atoms with Gasteiger partial charge >= 0.3 is 5.97 Å². The van der Waals surface area contributed by atoms with Gasteiger partial charge in [0.2, 0.25) is 5.91 Å². The van der Waals surface area contributed by atoms with Crippen molar-refractivity contribution in [2.75, 3.05) is 4.90 Å². The number of nitrogens with zero attached hydrogens (tertiary/aromatic N) is 1. The first kappa shape index (κ1) is 19.9. The summed E-state index contributed by atoms with van der Waals surface area (Å²) in [6, 6.07) is 10.5. The molecule has 1 heterocycles. The van der Waals surface area contributed by atoms with Crippen LogP contribution in [0.25, 0.3) is 0 Å². The van der Waals surface area contributed by atoms with Gasteiger partial charge in [0.1, 0.15) is 5.82 Å². The predicted octanol–water partition coefficient (Wildman–Crippen LogP) is 5.19. The topological polar surface area (TPSA) is 57.6 Å². The minimum Gasteiger partial charge on any atom is -0.481 e. The SMILES string of the molecule is CC(C)c1ccc2c(c1)SC(CC(=O)O)C(=O)N2Cc1ccc(Br)cc1F. The number of thioether (sulfide) groups is 1. The van der Waals surface area contributed by atoms with E-state index in [4.69, 9.17) is 0 Å². The van der Waals surface area contributed by atoms with E-state index in [9.17, 15) is 19.1 Å². The molecule has 0 saturated carbocycles. The van der Waals surface area contributed by atoms with Crippen LogP contribution >= 0.6 is 27.7 Å². The molecule has 4 nitrogen and oxygen atoms in total. The molecule has 0 bridgehead atoms. The van der Waals surface area contributed by atoms with Crippen LogP contribution in [0.2, 0.25) is 0 Å². The summed E-state index contributed by atoms with van der Waals surface area (Å²) in [6.45, 7) is 4.21. The number of fused-ring (bicyclic) bond motifs is 1. The molecule has 142 valence electrons. The predicted molar refractivity (Wildman–Crippen MR) is 108 cm³/mol. The van der Waals surface area contributed by atoms with Crippen LogP contribution in [0, 0.1) is 5.82 Å². The van der Waals surface area contributed by atoms with Gasteiger partial charge < -0.3 is 10.0 Å². The van der Waals surface area contributed by atoms with Crippen molar-refractivity contribution in [3.8, 4) is 0 Å². The molecular weight excluding hydrogens is 433 g/mol. The summed E-state index contributed by atoms with van der Waals surface area (Å²) in [7, 11) is 0. The molecule has 2 aromatic rings. The van der Waals surface area contributed by atoms with Gasteiger partial charge in [0.25, 0.3) is 0 Å². The maximum absolute atomic E-state index is 14.3. The van der Waals surface area contributed by atoms with Crippen LogP contribution in [0.15, 0.2) is 45.8 Å². The molecule has 2 aromatic carbocycles. The van der Waals surface area contributed by atoms with Crippen molar-refractivity contribution in [2.45, 2.75) is 42.9 Å². The molecular formula is C20H19BrFNO3S. The van der Waals surface area contributed by atoms with Gasteiger partial charge in [-0.1, -0.05) is 41.9 Å². The van der Waals surface area contributed by atoms with Gasteiger partial charge in [0.05, 0.1) is 23.9 Å². The highest BCUT2D eigenvalue weighted by atomic mass is 79.9. The number of halogens is 2. The smallest absolute Gasteiger partial charge is 0.305 e. The summed E-state index contributed by atoms with van der Waals surface area (Å²) >= 11 is 4.50. The number of carboxylic acids is 1. The van der Waals surface area contributed by atoms with Crippen molar-refractivity contribution >= 4 is 45.3 Å². The number of carboxylic acid groups (broad SMARTS) is 1. The second-order valence-corrected chi connectivity index (χ2v) is 8.91. The fourth-order valence-electron chi connectivity index (χ4n) is 2.97. The highest BCUT2D eigenvalue weighted by molar-refractivity contribution is 9.10. The number of carbonyl (C=O) groups excluding carboxylic acids is 1. The van der Waals surface area contributed by atoms with E-state index in [0.717, 1.165) is 10.5 Å². The maximum atomic E-state index is 14.3. The summed E-state index contributed by atoms with van der Waals surface area (Å²) < 4.78 is 14.9. The number of benzene rings is 2. The Morgan fingerprint density at radius 3 is 2.67 bits per heavy atom. The van der Waals surface area contributed by atoms with E-state index in [0.29, 0.717) is 21.6 Å². The molecule has 0 aliphatic carbocycles. The van der Waals surface area contributed by atoms with Gasteiger partial charge in [0.15, 0.2) is 0 Å². The molecule has 0 radical (unpaired) electrons. The summed E-state index contributed by atoms with van der Waals surface area (Å²) in [5.41, 5.74) is 2.18. The first-order chi connectivity index (χ1) is 12.8. The van der Waals surface area contributed by atoms with E-state index in [-0.39, 0.29) is 18.9 Å². The number of amides is 1. The number of rotatable bonds is 5. The van der Waals surface area contributed by atoms with E-state index < -0.39 is 17.0 Å². The first-order valence-corrected chi connectivity index (χ1v) is 10.2. The fourth-order valence-corrected chi connectivity index (χ4v) is 4.57. The van der Waals surface area contributed by atoms with Crippen molar-refractivity contribution in [3.63, 3.8) is 0 Å². The normalized spacial score (nSPS) is 16.6. The second kappa shape index (κ2) is 8.02. The van der Waals surface area contributed by atoms with Gasteiger partial charge in [-0.3, -0.25) is 9.59 Å². The van der Waals surface area contributed by atoms with Gasteiger partial charge in [-0.15, -0.1) is 11.8 Å². The van der Waals surface area contributed by atoms with Crippen LogP contribution in [0.1, 0.15) is 37.3 Å². The third-order valence-electron chi connectivity index (χ3n) is 4.46. The Morgan fingerprint density at radius 2 is 2.04 bits per heavy atom. The summed E-state index contributed by atoms with van der Waals surface area (Å²) in [5, 5.41) is 8.45. The quantitative estimate of drug-likeness (QED) is 0.678. The standard InChI is InChI=1S/C20H19BrFNO3S/c1-11(2)12-4-6-16-17(7-12)27-18(9-19(24)25)20(26)23(16)10-13-3-5-14(21)8-15(13)22/h3-8,11,18H,9-10H2,1-2H3,(H,24,25). The van der Waals surface area contributed by atoms with E-state index in [1.54, 1.807) is 12.1 Å². The van der Waals surface area contributed by atoms with Crippen LogP contribution in [-0.2, 0) is 16.1 Å². The van der Waals surface area contributed by atoms with Gasteiger partial charge in [-0.05, 0) is 35.7 Å². The zero-order chi connectivity index (χ0) is 19.7. The third kappa shape index (κ3) is 4.35. The zero-order valence-electron chi connectivity index (χ0n) is 14.9. The lowest BCUT2D eigenvalue weighted by atomic mass is 10.0. The number of aliphatic carboxylic acids is 1. The monoisotopic (exact) mass is 451 g/mol. The number of hydrogen-bond acceptors (Lipinski definition) is 3. The minimum absolute atomic E-state index is 0.0582. The molecule has 1 N–H and O–H groups in total. The zero-order valence-corrected chi connectivity index (χ0v) is 17.3. The Kier molecular flexibility index (Phi) is 5.91. The molecule has 0 saturated heterocycles. The van der Waals surface area contributed by atoms with Gasteiger partial charge in [0, 0.05) is 14.9 Å². The van der Waals surface area contributed by atoms with E-state index in [2.05, 4.69) is 29.8 Å². The third-order valence-corrected chi connectivity index (χ3v) is 6.18.